The highest BCUT2D eigenvalue weighted by Gasteiger charge is 2.25. The molecule has 0 aromatic heterocycles. The van der Waals surface area contributed by atoms with E-state index < -0.39 is 0 Å². The molecule has 0 radical (unpaired) electrons. The average Bonchev–Trinajstić information content (AvgIpc) is 3.19. The summed E-state index contributed by atoms with van der Waals surface area (Å²) in [6.45, 7) is 15.4. The maximum Gasteiger partial charge on any atom is 0.193 e. The zero-order chi connectivity index (χ0) is 20.0. The molecule has 0 bridgehead atoms. The van der Waals surface area contributed by atoms with Crippen molar-refractivity contribution in [3.8, 4) is 0 Å². The first kappa shape index (κ1) is 23.5. The lowest BCUT2D eigenvalue weighted by molar-refractivity contribution is 0.0264. The molecule has 1 heterocycles. The molecule has 0 aromatic carbocycles. The largest absolute Gasteiger partial charge is 0.378 e. The van der Waals surface area contributed by atoms with Crippen molar-refractivity contribution in [2.45, 2.75) is 84.7 Å². The Bertz CT molecular complexity index is 419. The molecule has 0 aromatic rings. The summed E-state index contributed by atoms with van der Waals surface area (Å²) < 4.78 is 6.03. The smallest absolute Gasteiger partial charge is 0.193 e. The van der Waals surface area contributed by atoms with E-state index in [9.17, 15) is 0 Å². The Morgan fingerprint density at radius 1 is 1.04 bits per heavy atom. The van der Waals surface area contributed by atoms with Gasteiger partial charge in [0.2, 0.25) is 0 Å². The van der Waals surface area contributed by atoms with Crippen molar-refractivity contribution in [2.24, 2.45) is 10.9 Å². The second kappa shape index (κ2) is 14.2. The van der Waals surface area contributed by atoms with Crippen LogP contribution in [0.25, 0.3) is 0 Å². The van der Waals surface area contributed by atoms with Gasteiger partial charge in [-0.2, -0.15) is 0 Å². The molecule has 1 saturated carbocycles. The van der Waals surface area contributed by atoms with Crippen LogP contribution in [-0.4, -0.2) is 74.3 Å². The van der Waals surface area contributed by atoms with Gasteiger partial charge in [-0.25, -0.2) is 0 Å². The standard InChI is InChI=1S/C23H46N4O/c1-4-24-23(27-17-15-21(20-27)19-26(5-2)6-3)25-16-11-8-12-18-28-22-13-9-7-10-14-22/h21-22H,4-20H2,1-3H3,(H,24,25). The van der Waals surface area contributed by atoms with Gasteiger partial charge in [0.1, 0.15) is 0 Å². The average molecular weight is 395 g/mol. The normalized spacial score (nSPS) is 21.6. The lowest BCUT2D eigenvalue weighted by Crippen LogP contribution is -2.41. The molecule has 1 aliphatic carbocycles. The number of hydrogen-bond donors (Lipinski definition) is 1. The van der Waals surface area contributed by atoms with Gasteiger partial charge in [0.25, 0.3) is 0 Å². The fraction of sp³-hybridized carbons (Fsp3) is 0.957. The highest BCUT2D eigenvalue weighted by atomic mass is 16.5. The number of nitrogens with zero attached hydrogens (tertiary/aromatic N) is 3. The second-order valence-corrected chi connectivity index (χ2v) is 8.51. The Balaban J connectivity index is 1.62. The molecule has 5 nitrogen and oxygen atoms in total. The molecule has 2 rings (SSSR count). The van der Waals surface area contributed by atoms with E-state index >= 15 is 0 Å². The summed E-state index contributed by atoms with van der Waals surface area (Å²) in [6, 6.07) is 0. The third-order valence-electron chi connectivity index (χ3n) is 6.30. The topological polar surface area (TPSA) is 40.1 Å². The van der Waals surface area contributed by atoms with E-state index in [0.717, 1.165) is 57.8 Å². The van der Waals surface area contributed by atoms with Gasteiger partial charge in [-0.15, -0.1) is 0 Å². The number of guanidine groups is 1. The van der Waals surface area contributed by atoms with Crippen LogP contribution in [0, 0.1) is 5.92 Å². The Morgan fingerprint density at radius 2 is 1.82 bits per heavy atom. The highest BCUT2D eigenvalue weighted by molar-refractivity contribution is 5.80. The molecular weight excluding hydrogens is 348 g/mol. The summed E-state index contributed by atoms with van der Waals surface area (Å²) in [4.78, 5) is 9.94. The summed E-state index contributed by atoms with van der Waals surface area (Å²) in [5, 5.41) is 3.51. The Kier molecular flexibility index (Phi) is 11.9. The van der Waals surface area contributed by atoms with E-state index in [4.69, 9.17) is 9.73 Å². The molecule has 1 atom stereocenters. The number of likely N-dealkylation sites (tertiary alicyclic amines) is 1. The van der Waals surface area contributed by atoms with Gasteiger partial charge >= 0.3 is 0 Å². The van der Waals surface area contributed by atoms with E-state index in [0.29, 0.717) is 6.10 Å². The van der Waals surface area contributed by atoms with Crippen molar-refractivity contribution in [2.75, 3.05) is 52.4 Å². The van der Waals surface area contributed by atoms with Crippen molar-refractivity contribution < 1.29 is 4.74 Å². The molecule has 164 valence electrons. The lowest BCUT2D eigenvalue weighted by Gasteiger charge is -2.24. The second-order valence-electron chi connectivity index (χ2n) is 8.51. The number of rotatable bonds is 12. The first-order valence-electron chi connectivity index (χ1n) is 12.1. The maximum absolute atomic E-state index is 6.03. The van der Waals surface area contributed by atoms with Crippen LogP contribution in [0.3, 0.4) is 0 Å². The van der Waals surface area contributed by atoms with Crippen molar-refractivity contribution in [3.05, 3.63) is 0 Å². The van der Waals surface area contributed by atoms with Crippen molar-refractivity contribution in [1.29, 1.82) is 0 Å². The number of hydrogen-bond acceptors (Lipinski definition) is 3. The van der Waals surface area contributed by atoms with Gasteiger partial charge in [-0.3, -0.25) is 4.99 Å². The molecular formula is C23H46N4O. The quantitative estimate of drug-likeness (QED) is 0.307. The Morgan fingerprint density at radius 3 is 2.54 bits per heavy atom. The van der Waals surface area contributed by atoms with E-state index in [2.05, 4.69) is 35.9 Å². The first-order chi connectivity index (χ1) is 13.8. The van der Waals surface area contributed by atoms with Crippen molar-refractivity contribution in [3.63, 3.8) is 0 Å². The van der Waals surface area contributed by atoms with Crippen LogP contribution < -0.4 is 5.32 Å². The SMILES string of the molecule is CCNC(=NCCCCCOC1CCCCC1)N1CCC(CN(CC)CC)C1. The third-order valence-corrected chi connectivity index (χ3v) is 6.30. The summed E-state index contributed by atoms with van der Waals surface area (Å²) in [7, 11) is 0. The van der Waals surface area contributed by atoms with E-state index in [-0.39, 0.29) is 0 Å². The summed E-state index contributed by atoms with van der Waals surface area (Å²) >= 11 is 0. The van der Waals surface area contributed by atoms with Crippen molar-refractivity contribution in [1.82, 2.24) is 15.1 Å². The minimum absolute atomic E-state index is 0.548. The third kappa shape index (κ3) is 8.69. The van der Waals surface area contributed by atoms with Crippen LogP contribution in [0.2, 0.25) is 0 Å². The van der Waals surface area contributed by atoms with Gasteiger partial charge in [0, 0.05) is 39.3 Å². The molecule has 2 aliphatic rings. The highest BCUT2D eigenvalue weighted by Crippen LogP contribution is 2.20. The van der Waals surface area contributed by atoms with Crippen LogP contribution in [0.5, 0.6) is 0 Å². The van der Waals surface area contributed by atoms with Gasteiger partial charge in [-0.05, 0) is 64.5 Å². The number of aliphatic imine (C=N–C) groups is 1. The molecule has 0 amide bonds. The fourth-order valence-electron chi connectivity index (χ4n) is 4.50. The number of ether oxygens (including phenoxy) is 1. The van der Waals surface area contributed by atoms with Gasteiger partial charge < -0.3 is 19.9 Å². The molecule has 1 unspecified atom stereocenters. The van der Waals surface area contributed by atoms with Crippen molar-refractivity contribution >= 4 is 5.96 Å². The predicted octanol–water partition coefficient (Wildman–Crippen LogP) is 4.14. The van der Waals surface area contributed by atoms with Gasteiger partial charge in [-0.1, -0.05) is 33.1 Å². The molecule has 1 saturated heterocycles. The number of unbranched alkanes of at least 4 members (excludes halogenated alkanes) is 2. The lowest BCUT2D eigenvalue weighted by atomic mass is 9.98. The van der Waals surface area contributed by atoms with E-state index in [1.807, 2.05) is 0 Å². The van der Waals surface area contributed by atoms with Crippen LogP contribution in [0.15, 0.2) is 4.99 Å². The van der Waals surface area contributed by atoms with Crippen LogP contribution in [0.1, 0.15) is 78.6 Å². The monoisotopic (exact) mass is 394 g/mol. The van der Waals surface area contributed by atoms with Gasteiger partial charge in [0.15, 0.2) is 5.96 Å². The van der Waals surface area contributed by atoms with E-state index in [1.54, 1.807) is 0 Å². The minimum Gasteiger partial charge on any atom is -0.378 e. The molecule has 1 aliphatic heterocycles. The summed E-state index contributed by atoms with van der Waals surface area (Å²) in [5.41, 5.74) is 0. The molecule has 2 fully saturated rings. The molecule has 0 spiro atoms. The fourth-order valence-corrected chi connectivity index (χ4v) is 4.50. The Labute approximate surface area is 174 Å². The van der Waals surface area contributed by atoms with E-state index in [1.165, 1.54) is 64.3 Å². The van der Waals surface area contributed by atoms with Gasteiger partial charge in [0.05, 0.1) is 6.10 Å². The molecule has 1 N–H and O–H groups in total. The first-order valence-corrected chi connectivity index (χ1v) is 12.1. The minimum atomic E-state index is 0.548. The molecule has 28 heavy (non-hydrogen) atoms. The zero-order valence-corrected chi connectivity index (χ0v) is 18.9. The molecule has 5 heteroatoms. The predicted molar refractivity (Wildman–Crippen MR) is 120 cm³/mol. The van der Waals surface area contributed by atoms with Crippen LogP contribution >= 0.6 is 0 Å². The summed E-state index contributed by atoms with van der Waals surface area (Å²) in [6.07, 6.45) is 12.1. The number of nitrogens with one attached hydrogen (secondary N) is 1. The maximum atomic E-state index is 6.03. The Hall–Kier alpha value is -0.810. The summed E-state index contributed by atoms with van der Waals surface area (Å²) in [5.74, 6) is 1.91. The van der Waals surface area contributed by atoms with Crippen LogP contribution in [-0.2, 0) is 4.74 Å². The zero-order valence-electron chi connectivity index (χ0n) is 18.9. The van der Waals surface area contributed by atoms with Crippen LogP contribution in [0.4, 0.5) is 0 Å².